The molecule has 0 aliphatic carbocycles. The predicted molar refractivity (Wildman–Crippen MR) is 221 cm³/mol. The van der Waals surface area contributed by atoms with E-state index in [0.29, 0.717) is 19.4 Å². The summed E-state index contributed by atoms with van der Waals surface area (Å²) in [5, 5.41) is 8.88. The Kier molecular flexibility index (Phi) is 36.4. The van der Waals surface area contributed by atoms with Gasteiger partial charge in [0.2, 0.25) is 0 Å². The highest BCUT2D eigenvalue weighted by Gasteiger charge is 2.27. The number of aliphatic carboxylic acids is 1. The number of nitrogens with two attached hydrogens (primary N) is 1. The first kappa shape index (κ1) is 51.1. The van der Waals surface area contributed by atoms with E-state index in [1.807, 2.05) is 12.2 Å². The topological polar surface area (TPSA) is 155 Å². The van der Waals surface area contributed by atoms with Gasteiger partial charge in [0.05, 0.1) is 26.4 Å². The summed E-state index contributed by atoms with van der Waals surface area (Å²) in [5.41, 5.74) is 5.34. The number of hydrogen-bond acceptors (Lipinski definition) is 8. The third-order valence-corrected chi connectivity index (χ3v) is 8.88. The average molecular weight is 778 g/mol. The second-order valence-corrected chi connectivity index (χ2v) is 14.5. The van der Waals surface area contributed by atoms with E-state index in [0.717, 1.165) is 70.6 Å². The van der Waals surface area contributed by atoms with Crippen molar-refractivity contribution in [2.24, 2.45) is 5.73 Å². The summed E-state index contributed by atoms with van der Waals surface area (Å²) >= 11 is 0. The second-order valence-electron chi connectivity index (χ2n) is 13.0. The van der Waals surface area contributed by atoms with Gasteiger partial charge >= 0.3 is 19.8 Å². The molecule has 0 rings (SSSR count). The van der Waals surface area contributed by atoms with Gasteiger partial charge < -0.3 is 25.2 Å². The summed E-state index contributed by atoms with van der Waals surface area (Å²) in [4.78, 5) is 33.4. The van der Waals surface area contributed by atoms with Crippen LogP contribution in [0.1, 0.15) is 136 Å². The highest BCUT2D eigenvalue weighted by molar-refractivity contribution is 7.47. The number of carboxylic acid groups (broad SMARTS) is 1. The molecule has 0 aromatic rings. The van der Waals surface area contributed by atoms with E-state index in [1.165, 1.54) is 32.1 Å². The lowest BCUT2D eigenvalue weighted by molar-refractivity contribution is -0.154. The lowest BCUT2D eigenvalue weighted by Gasteiger charge is -2.20. The molecule has 0 aliphatic rings. The third kappa shape index (κ3) is 37.5. The summed E-state index contributed by atoms with van der Waals surface area (Å²) in [6, 6.07) is -1.49. The molecule has 4 N–H and O–H groups in total. The molecule has 0 aliphatic heterocycles. The predicted octanol–water partition coefficient (Wildman–Crippen LogP) is 10.8. The van der Waals surface area contributed by atoms with Crippen LogP contribution < -0.4 is 5.73 Å². The van der Waals surface area contributed by atoms with Crippen molar-refractivity contribution < 1.29 is 42.7 Å². The number of carboxylic acids is 1. The summed E-state index contributed by atoms with van der Waals surface area (Å²) in [5.74, 6) is -1.83. The summed E-state index contributed by atoms with van der Waals surface area (Å²) in [6.45, 7) is 3.48. The number of unbranched alkanes of at least 4 members (excludes halogenated alkanes) is 9. The maximum absolute atomic E-state index is 12.6. The zero-order valence-electron chi connectivity index (χ0n) is 33.3. The number of esters is 1. The molecule has 3 atom stereocenters. The van der Waals surface area contributed by atoms with E-state index in [4.69, 9.17) is 24.8 Å². The molecule has 0 saturated heterocycles. The second kappa shape index (κ2) is 38.4. The monoisotopic (exact) mass is 777 g/mol. The van der Waals surface area contributed by atoms with Gasteiger partial charge in [-0.3, -0.25) is 18.6 Å². The van der Waals surface area contributed by atoms with Gasteiger partial charge in [-0.05, 0) is 77.0 Å². The number of ether oxygens (including phenoxy) is 2. The number of phosphoric ester groups is 1. The van der Waals surface area contributed by atoms with E-state index in [2.05, 4.69) is 91.3 Å². The van der Waals surface area contributed by atoms with Crippen LogP contribution in [0.2, 0.25) is 0 Å². The van der Waals surface area contributed by atoms with E-state index >= 15 is 0 Å². The standard InChI is InChI=1S/C43H72NO9P/c1-3-5-7-9-11-13-15-17-19-21-23-25-27-29-31-33-35-42(45)53-40(38-51-54(48,49)52-39-41(44)43(46)47)37-50-36-34-32-30-28-26-24-22-20-18-16-14-12-10-8-6-4-2/h6,8,12-15,18-21,24,26,30,32,40-41H,3-5,7,9-11,16-17,22-23,25,27-29,31,33-39,44H2,1-2H3,(H,46,47)(H,48,49)/b8-6-,14-12-,15-13-,20-18-,21-19-,26-24-,32-30-. The Bertz CT molecular complexity index is 1180. The minimum absolute atomic E-state index is 0.0483. The van der Waals surface area contributed by atoms with Gasteiger partial charge in [-0.15, -0.1) is 0 Å². The molecule has 3 unspecified atom stereocenters. The van der Waals surface area contributed by atoms with Gasteiger partial charge in [0.1, 0.15) is 12.1 Å². The van der Waals surface area contributed by atoms with Crippen LogP contribution in [-0.2, 0) is 32.7 Å². The molecule has 0 heterocycles. The minimum Gasteiger partial charge on any atom is -0.480 e. The molecular formula is C43H72NO9P. The van der Waals surface area contributed by atoms with Crippen molar-refractivity contribution >= 4 is 19.8 Å². The molecule has 0 saturated carbocycles. The first-order valence-electron chi connectivity index (χ1n) is 20.1. The van der Waals surface area contributed by atoms with E-state index in [1.54, 1.807) is 0 Å². The van der Waals surface area contributed by atoms with Gasteiger partial charge in [-0.2, -0.15) is 0 Å². The van der Waals surface area contributed by atoms with Crippen LogP contribution in [0.4, 0.5) is 0 Å². The van der Waals surface area contributed by atoms with E-state index in [9.17, 15) is 19.0 Å². The average Bonchev–Trinajstić information content (AvgIpc) is 3.15. The number of carbonyl (C=O) groups excluding carboxylic acids is 1. The van der Waals surface area contributed by atoms with Crippen molar-refractivity contribution in [2.75, 3.05) is 26.4 Å². The number of rotatable bonds is 37. The molecule has 0 bridgehead atoms. The molecule has 0 aromatic carbocycles. The van der Waals surface area contributed by atoms with Crippen molar-refractivity contribution in [1.29, 1.82) is 0 Å². The Labute approximate surface area is 326 Å². The fourth-order valence-corrected chi connectivity index (χ4v) is 5.59. The molecule has 0 radical (unpaired) electrons. The van der Waals surface area contributed by atoms with Crippen LogP contribution in [0.25, 0.3) is 0 Å². The van der Waals surface area contributed by atoms with Crippen LogP contribution in [0, 0.1) is 0 Å². The van der Waals surface area contributed by atoms with Crippen molar-refractivity contribution in [1.82, 2.24) is 0 Å². The number of hydrogen-bond donors (Lipinski definition) is 3. The molecule has 0 amide bonds. The first-order valence-corrected chi connectivity index (χ1v) is 21.6. The largest absolute Gasteiger partial charge is 0.480 e. The van der Waals surface area contributed by atoms with Gasteiger partial charge in [0.25, 0.3) is 0 Å². The molecule has 0 aromatic heterocycles. The van der Waals surface area contributed by atoms with Gasteiger partial charge in [-0.1, -0.05) is 137 Å². The third-order valence-electron chi connectivity index (χ3n) is 7.93. The van der Waals surface area contributed by atoms with Crippen LogP contribution in [0.3, 0.4) is 0 Å². The maximum atomic E-state index is 12.6. The molecule has 10 nitrogen and oxygen atoms in total. The highest BCUT2D eigenvalue weighted by Crippen LogP contribution is 2.43. The van der Waals surface area contributed by atoms with Gasteiger partial charge in [0.15, 0.2) is 0 Å². The normalized spacial score (nSPS) is 14.9. The molecule has 0 spiro atoms. The van der Waals surface area contributed by atoms with Crippen molar-refractivity contribution in [3.8, 4) is 0 Å². The number of allylic oxidation sites excluding steroid dienone is 13. The Morgan fingerprint density at radius 3 is 1.61 bits per heavy atom. The molecule has 11 heteroatoms. The maximum Gasteiger partial charge on any atom is 0.472 e. The first-order chi connectivity index (χ1) is 26.2. The Morgan fingerprint density at radius 1 is 0.611 bits per heavy atom. The van der Waals surface area contributed by atoms with E-state index < -0.39 is 45.1 Å². The highest BCUT2D eigenvalue weighted by atomic mass is 31.2. The number of carbonyl (C=O) groups is 2. The van der Waals surface area contributed by atoms with Crippen LogP contribution >= 0.6 is 7.82 Å². The van der Waals surface area contributed by atoms with Crippen LogP contribution in [0.5, 0.6) is 0 Å². The molecular weight excluding hydrogens is 705 g/mol. The summed E-state index contributed by atoms with van der Waals surface area (Å²) in [7, 11) is -4.64. The SMILES string of the molecule is CC/C=C\C/C=C\C/C=C\C/C=C\C/C=C\CCOCC(COP(=O)(O)OCC(N)C(=O)O)OC(=O)CCCCCCC/C=C\C/C=C\CCCCCC. The fourth-order valence-electron chi connectivity index (χ4n) is 4.81. The summed E-state index contributed by atoms with van der Waals surface area (Å²) < 4.78 is 33.1. The van der Waals surface area contributed by atoms with Crippen molar-refractivity contribution in [2.45, 2.75) is 148 Å². The Morgan fingerprint density at radius 2 is 1.07 bits per heavy atom. The van der Waals surface area contributed by atoms with Crippen molar-refractivity contribution in [3.05, 3.63) is 85.1 Å². The lowest BCUT2D eigenvalue weighted by atomic mass is 10.1. The van der Waals surface area contributed by atoms with Gasteiger partial charge in [0, 0.05) is 6.42 Å². The Hall–Kier alpha value is -2.85. The quantitative estimate of drug-likeness (QED) is 0.0240. The molecule has 308 valence electrons. The lowest BCUT2D eigenvalue weighted by Crippen LogP contribution is -2.34. The zero-order chi connectivity index (χ0) is 39.8. The zero-order valence-corrected chi connectivity index (χ0v) is 34.2. The summed E-state index contributed by atoms with van der Waals surface area (Å²) in [6.07, 6.45) is 48.0. The van der Waals surface area contributed by atoms with Gasteiger partial charge in [-0.25, -0.2) is 4.57 Å². The Balaban J connectivity index is 4.45. The van der Waals surface area contributed by atoms with Crippen LogP contribution in [-0.4, -0.2) is 60.5 Å². The molecule has 54 heavy (non-hydrogen) atoms. The smallest absolute Gasteiger partial charge is 0.472 e. The minimum atomic E-state index is -4.64. The fraction of sp³-hybridized carbons (Fsp3) is 0.628. The number of phosphoric acid groups is 1. The van der Waals surface area contributed by atoms with E-state index in [-0.39, 0.29) is 13.0 Å². The van der Waals surface area contributed by atoms with Crippen molar-refractivity contribution in [3.63, 3.8) is 0 Å². The molecule has 0 fully saturated rings. The van der Waals surface area contributed by atoms with Crippen LogP contribution in [0.15, 0.2) is 85.1 Å².